The van der Waals surface area contributed by atoms with E-state index in [1.165, 1.54) is 0 Å². The number of ether oxygens (including phenoxy) is 2. The van der Waals surface area contributed by atoms with Crippen LogP contribution in [0, 0.1) is 21.8 Å². The van der Waals surface area contributed by atoms with Gasteiger partial charge in [0, 0.05) is 23.2 Å². The predicted octanol–water partition coefficient (Wildman–Crippen LogP) is 3.08. The largest absolute Gasteiger partial charge is 0.465 e. The summed E-state index contributed by atoms with van der Waals surface area (Å²) in [6.45, 7) is 3.52. The summed E-state index contributed by atoms with van der Waals surface area (Å²) in [6, 6.07) is 2.68. The lowest BCUT2D eigenvalue weighted by atomic mass is 9.77. The highest BCUT2D eigenvalue weighted by Gasteiger charge is 2.56. The molecule has 0 spiro atoms. The zero-order valence-corrected chi connectivity index (χ0v) is 16.1. The Labute approximate surface area is 165 Å². The molecule has 3 atom stereocenters. The van der Waals surface area contributed by atoms with Gasteiger partial charge in [-0.05, 0) is 26.8 Å². The van der Waals surface area contributed by atoms with Crippen LogP contribution in [0.15, 0.2) is 23.2 Å². The summed E-state index contributed by atoms with van der Waals surface area (Å²) >= 11 is 0. The Kier molecular flexibility index (Phi) is 5.20. The number of benzene rings is 1. The molecule has 0 aromatic heterocycles. The second-order valence-corrected chi connectivity index (χ2v) is 7.95. The van der Waals surface area contributed by atoms with Crippen LogP contribution < -0.4 is 0 Å². The van der Waals surface area contributed by atoms with Crippen LogP contribution in [-0.2, 0) is 15.0 Å². The summed E-state index contributed by atoms with van der Waals surface area (Å²) in [5.74, 6) is -1.57. The van der Waals surface area contributed by atoms with Crippen LogP contribution in [0.5, 0.6) is 0 Å². The van der Waals surface area contributed by atoms with Gasteiger partial charge in [0.05, 0.1) is 30.2 Å². The molecule has 2 aliphatic heterocycles. The van der Waals surface area contributed by atoms with Crippen LogP contribution in [0.1, 0.15) is 26.3 Å². The Bertz CT molecular complexity index is 872. The second kappa shape index (κ2) is 7.21. The molecule has 1 aromatic rings. The Balaban J connectivity index is 2.22. The number of nitro groups is 1. The Morgan fingerprint density at radius 2 is 2.17 bits per heavy atom. The van der Waals surface area contributed by atoms with Crippen molar-refractivity contribution in [2.45, 2.75) is 38.0 Å². The summed E-state index contributed by atoms with van der Waals surface area (Å²) < 4.78 is 39.3. The van der Waals surface area contributed by atoms with Gasteiger partial charge in [0.2, 0.25) is 0 Å². The van der Waals surface area contributed by atoms with Crippen molar-refractivity contribution in [1.29, 1.82) is 0 Å². The number of hydrogen-bond donors (Lipinski definition) is 1. The van der Waals surface area contributed by atoms with E-state index in [-0.39, 0.29) is 30.5 Å². The maximum atomic E-state index is 14.8. The topological polar surface area (TPSA) is 115 Å². The number of fused-ring (bicyclic) bond motifs is 1. The minimum atomic E-state index is -1.56. The summed E-state index contributed by atoms with van der Waals surface area (Å²) in [5.41, 5.74) is -3.03. The van der Waals surface area contributed by atoms with Crippen molar-refractivity contribution >= 4 is 17.8 Å². The third-order valence-electron chi connectivity index (χ3n) is 5.10. The molecule has 1 amide bonds. The van der Waals surface area contributed by atoms with E-state index in [1.54, 1.807) is 20.8 Å². The van der Waals surface area contributed by atoms with Crippen LogP contribution in [0.4, 0.5) is 19.3 Å². The first-order chi connectivity index (χ1) is 13.5. The Hall–Kier alpha value is -2.82. The fraction of sp³-hybridized carbons (Fsp3) is 0.556. The second-order valence-electron chi connectivity index (χ2n) is 7.95. The van der Waals surface area contributed by atoms with Gasteiger partial charge in [0.25, 0.3) is 11.7 Å². The molecule has 0 aliphatic carbocycles. The number of carbonyl (C=O) groups is 1. The summed E-state index contributed by atoms with van der Waals surface area (Å²) in [6.07, 6.45) is -2.31. The maximum absolute atomic E-state index is 14.8. The highest BCUT2D eigenvalue weighted by molar-refractivity contribution is 5.91. The molecule has 0 radical (unpaired) electrons. The molecule has 1 fully saturated rings. The van der Waals surface area contributed by atoms with Crippen molar-refractivity contribution in [2.24, 2.45) is 10.9 Å². The van der Waals surface area contributed by atoms with Crippen LogP contribution in [0.3, 0.4) is 0 Å². The first-order valence-electron chi connectivity index (χ1n) is 8.89. The minimum Gasteiger partial charge on any atom is -0.465 e. The van der Waals surface area contributed by atoms with Crippen LogP contribution in [-0.4, -0.2) is 58.6 Å². The minimum absolute atomic E-state index is 0.160. The number of carboxylic acid groups (broad SMARTS) is 1. The summed E-state index contributed by atoms with van der Waals surface area (Å²) in [5, 5.41) is 20.8. The van der Waals surface area contributed by atoms with Gasteiger partial charge in [0.1, 0.15) is 18.0 Å². The lowest BCUT2D eigenvalue weighted by Crippen LogP contribution is -2.54. The fourth-order valence-electron chi connectivity index (χ4n) is 3.71. The molecule has 0 unspecified atom stereocenters. The molecule has 1 aromatic carbocycles. The SMILES string of the molecule is CC(C)(C)N(C(=O)O)C1=N[C@@]2(c3cc([N+](=O)[O-])ccc3F)CO[C@H](CF)[C@H]2CO1. The number of aliphatic imine (C=N–C) groups is 1. The third-order valence-corrected chi connectivity index (χ3v) is 5.10. The predicted molar refractivity (Wildman–Crippen MR) is 96.9 cm³/mol. The highest BCUT2D eigenvalue weighted by atomic mass is 19.1. The number of non-ortho nitro benzene ring substituents is 1. The molecular formula is C18H21F2N3O6. The normalized spacial score (nSPS) is 26.3. The van der Waals surface area contributed by atoms with Crippen molar-refractivity contribution in [3.05, 3.63) is 39.7 Å². The number of rotatable bonds is 3. The van der Waals surface area contributed by atoms with E-state index in [9.17, 15) is 28.8 Å². The molecule has 158 valence electrons. The van der Waals surface area contributed by atoms with Crippen LogP contribution in [0.25, 0.3) is 0 Å². The average Bonchev–Trinajstić information content (AvgIpc) is 2.99. The molecule has 1 saturated heterocycles. The molecule has 2 heterocycles. The van der Waals surface area contributed by atoms with Crippen molar-refractivity contribution in [2.75, 3.05) is 19.9 Å². The molecule has 1 N–H and O–H groups in total. The van der Waals surface area contributed by atoms with Gasteiger partial charge in [-0.3, -0.25) is 10.1 Å². The zero-order chi connectivity index (χ0) is 21.6. The van der Waals surface area contributed by atoms with Crippen molar-refractivity contribution < 1.29 is 33.1 Å². The zero-order valence-electron chi connectivity index (χ0n) is 16.1. The molecule has 29 heavy (non-hydrogen) atoms. The number of amidine groups is 1. The fourth-order valence-corrected chi connectivity index (χ4v) is 3.71. The molecular weight excluding hydrogens is 392 g/mol. The monoisotopic (exact) mass is 413 g/mol. The van der Waals surface area contributed by atoms with E-state index >= 15 is 0 Å². The maximum Gasteiger partial charge on any atom is 0.415 e. The van der Waals surface area contributed by atoms with Gasteiger partial charge in [-0.2, -0.15) is 0 Å². The molecule has 9 nitrogen and oxygen atoms in total. The number of nitrogens with zero attached hydrogens (tertiary/aromatic N) is 3. The first kappa shape index (κ1) is 20.9. The smallest absolute Gasteiger partial charge is 0.415 e. The standard InChI is InChI=1S/C18H21F2N3O6/c1-17(2,3)22(16(24)25)15-21-18(9-29-14(7-19)12(18)8-28-15)11-6-10(23(26)27)4-5-13(11)20/h4-6,12,14H,7-9H2,1-3H3,(H,24,25)/t12-,14-,18-/m1/s1. The molecule has 2 aliphatic rings. The number of hydrogen-bond acceptors (Lipinski definition) is 6. The Morgan fingerprint density at radius 3 is 2.72 bits per heavy atom. The third kappa shape index (κ3) is 3.50. The van der Waals surface area contributed by atoms with Crippen molar-refractivity contribution in [3.8, 4) is 0 Å². The summed E-state index contributed by atoms with van der Waals surface area (Å²) in [4.78, 5) is 27.6. The van der Waals surface area contributed by atoms with E-state index in [0.717, 1.165) is 23.1 Å². The van der Waals surface area contributed by atoms with Crippen molar-refractivity contribution in [3.63, 3.8) is 0 Å². The van der Waals surface area contributed by atoms with Gasteiger partial charge in [-0.25, -0.2) is 23.5 Å². The highest BCUT2D eigenvalue weighted by Crippen LogP contribution is 2.47. The lowest BCUT2D eigenvalue weighted by Gasteiger charge is -2.41. The van der Waals surface area contributed by atoms with Crippen molar-refractivity contribution in [1.82, 2.24) is 4.90 Å². The van der Waals surface area contributed by atoms with Crippen LogP contribution >= 0.6 is 0 Å². The molecule has 0 saturated carbocycles. The first-order valence-corrected chi connectivity index (χ1v) is 8.89. The number of amides is 1. The van der Waals surface area contributed by atoms with E-state index in [4.69, 9.17) is 9.47 Å². The van der Waals surface area contributed by atoms with Gasteiger partial charge in [-0.15, -0.1) is 0 Å². The molecule has 11 heteroatoms. The number of halogens is 2. The van der Waals surface area contributed by atoms with Gasteiger partial charge in [-0.1, -0.05) is 0 Å². The summed E-state index contributed by atoms with van der Waals surface area (Å²) in [7, 11) is 0. The lowest BCUT2D eigenvalue weighted by molar-refractivity contribution is -0.385. The van der Waals surface area contributed by atoms with E-state index in [2.05, 4.69) is 4.99 Å². The number of nitro benzene ring substituents is 1. The van der Waals surface area contributed by atoms with Gasteiger partial charge in [0.15, 0.2) is 0 Å². The Morgan fingerprint density at radius 1 is 1.48 bits per heavy atom. The van der Waals surface area contributed by atoms with Crippen LogP contribution in [0.2, 0.25) is 0 Å². The van der Waals surface area contributed by atoms with E-state index < -0.39 is 46.6 Å². The average molecular weight is 413 g/mol. The molecule has 0 bridgehead atoms. The number of alkyl halides is 1. The van der Waals surface area contributed by atoms with E-state index in [0.29, 0.717) is 0 Å². The van der Waals surface area contributed by atoms with Gasteiger partial charge >= 0.3 is 6.09 Å². The van der Waals surface area contributed by atoms with E-state index in [1.807, 2.05) is 0 Å². The van der Waals surface area contributed by atoms with Gasteiger partial charge < -0.3 is 14.6 Å². The molecule has 3 rings (SSSR count). The quantitative estimate of drug-likeness (QED) is 0.602.